The van der Waals surface area contributed by atoms with Crippen molar-refractivity contribution in [1.82, 2.24) is 9.55 Å². The Morgan fingerprint density at radius 2 is 1.90 bits per heavy atom. The van der Waals surface area contributed by atoms with Crippen LogP contribution in [0.1, 0.15) is 0 Å². The van der Waals surface area contributed by atoms with Crippen molar-refractivity contribution in [2.24, 2.45) is 0 Å². The van der Waals surface area contributed by atoms with Crippen molar-refractivity contribution in [1.29, 1.82) is 0 Å². The Hall–Kier alpha value is -1.79. The molecule has 0 aliphatic carbocycles. The second-order valence-corrected chi connectivity index (χ2v) is 5.70. The number of nitrogen functional groups attached to an aromatic ring is 1. The predicted molar refractivity (Wildman–Crippen MR) is 82.4 cm³/mol. The summed E-state index contributed by atoms with van der Waals surface area (Å²) in [4.78, 5) is 4.65. The molecule has 3 nitrogen and oxygen atoms in total. The molecule has 108 valence electrons. The topological polar surface area (TPSA) is 43.8 Å². The van der Waals surface area contributed by atoms with Crippen molar-refractivity contribution in [3.05, 3.63) is 47.5 Å². The molecule has 0 amide bonds. The van der Waals surface area contributed by atoms with Crippen LogP contribution < -0.4 is 5.73 Å². The molecule has 3 aromatic rings. The Bertz CT molecular complexity index is 804. The zero-order chi connectivity index (χ0) is 15.0. The summed E-state index contributed by atoms with van der Waals surface area (Å²) in [5.74, 6) is -2.31. The van der Waals surface area contributed by atoms with Gasteiger partial charge in [0.25, 0.3) is 5.76 Å². The number of alkyl halides is 2. The number of hydrogen-bond acceptors (Lipinski definition) is 3. The molecule has 0 saturated carbocycles. The minimum Gasteiger partial charge on any atom is -0.369 e. The third-order valence-corrected chi connectivity index (χ3v) is 4.06. The summed E-state index contributed by atoms with van der Waals surface area (Å²) in [6.07, 6.45) is 0. The molecule has 0 aliphatic rings. The van der Waals surface area contributed by atoms with E-state index in [2.05, 4.69) is 4.98 Å². The number of halogens is 3. The van der Waals surface area contributed by atoms with Crippen LogP contribution in [0, 0.1) is 0 Å². The minimum atomic E-state index is -2.52. The first kappa shape index (κ1) is 14.2. The second kappa shape index (κ2) is 5.54. The van der Waals surface area contributed by atoms with E-state index >= 15 is 0 Å². The summed E-state index contributed by atoms with van der Waals surface area (Å²) in [6.45, 7) is 0. The highest BCUT2D eigenvalue weighted by Gasteiger charge is 2.17. The zero-order valence-corrected chi connectivity index (χ0v) is 12.2. The first-order valence-electron chi connectivity index (χ1n) is 6.04. The van der Waals surface area contributed by atoms with Crippen molar-refractivity contribution in [2.45, 2.75) is 10.7 Å². The highest BCUT2D eigenvalue weighted by atomic mass is 35.5. The SMILES string of the molecule is Nc1nc2cccc(Cl)c2n1-c1ccccc1SC(F)F. The maximum Gasteiger partial charge on any atom is 0.288 e. The van der Waals surface area contributed by atoms with E-state index in [4.69, 9.17) is 17.3 Å². The summed E-state index contributed by atoms with van der Waals surface area (Å²) < 4.78 is 27.0. The van der Waals surface area contributed by atoms with E-state index in [0.717, 1.165) is 0 Å². The van der Waals surface area contributed by atoms with Gasteiger partial charge in [-0.3, -0.25) is 4.57 Å². The number of imidazole rings is 1. The molecule has 0 bridgehead atoms. The van der Waals surface area contributed by atoms with Gasteiger partial charge in [-0.1, -0.05) is 41.6 Å². The van der Waals surface area contributed by atoms with Gasteiger partial charge < -0.3 is 5.73 Å². The number of benzene rings is 2. The van der Waals surface area contributed by atoms with Crippen molar-refractivity contribution in [3.8, 4) is 5.69 Å². The van der Waals surface area contributed by atoms with Gasteiger partial charge in [0.05, 0.1) is 21.7 Å². The van der Waals surface area contributed by atoms with Crippen molar-refractivity contribution >= 4 is 40.3 Å². The fourth-order valence-electron chi connectivity index (χ4n) is 2.18. The average molecular weight is 326 g/mol. The summed E-state index contributed by atoms with van der Waals surface area (Å²) in [5.41, 5.74) is 7.72. The molecule has 0 fully saturated rings. The summed E-state index contributed by atoms with van der Waals surface area (Å²) in [7, 11) is 0. The first-order chi connectivity index (χ1) is 10.1. The van der Waals surface area contributed by atoms with Crippen LogP contribution in [-0.4, -0.2) is 15.3 Å². The van der Waals surface area contributed by atoms with Gasteiger partial charge in [-0.25, -0.2) is 4.98 Å². The molecule has 21 heavy (non-hydrogen) atoms. The number of thioether (sulfide) groups is 1. The molecule has 2 aromatic carbocycles. The molecule has 1 heterocycles. The van der Waals surface area contributed by atoms with E-state index in [0.29, 0.717) is 38.4 Å². The largest absolute Gasteiger partial charge is 0.369 e. The van der Waals surface area contributed by atoms with Gasteiger partial charge >= 0.3 is 0 Å². The van der Waals surface area contributed by atoms with Crippen LogP contribution in [0.2, 0.25) is 5.02 Å². The number of fused-ring (bicyclic) bond motifs is 1. The maximum atomic E-state index is 12.7. The number of anilines is 1. The predicted octanol–water partition coefficient (Wildman–Crippen LogP) is 4.58. The molecule has 3 rings (SSSR count). The van der Waals surface area contributed by atoms with E-state index in [1.165, 1.54) is 0 Å². The summed E-state index contributed by atoms with van der Waals surface area (Å²) in [5, 5.41) is 0.466. The molecule has 0 spiro atoms. The zero-order valence-electron chi connectivity index (χ0n) is 10.6. The third kappa shape index (κ3) is 2.56. The molecule has 0 radical (unpaired) electrons. The smallest absolute Gasteiger partial charge is 0.288 e. The first-order valence-corrected chi connectivity index (χ1v) is 7.30. The molecular weight excluding hydrogens is 316 g/mol. The quantitative estimate of drug-likeness (QED) is 0.717. The van der Waals surface area contributed by atoms with Gasteiger partial charge in [0.15, 0.2) is 0 Å². The lowest BCUT2D eigenvalue weighted by molar-refractivity contribution is 0.252. The Kier molecular flexibility index (Phi) is 3.73. The highest BCUT2D eigenvalue weighted by molar-refractivity contribution is 7.99. The van der Waals surface area contributed by atoms with Gasteiger partial charge in [-0.05, 0) is 24.3 Å². The average Bonchev–Trinajstić information content (AvgIpc) is 2.76. The molecule has 0 saturated heterocycles. The van der Waals surface area contributed by atoms with Crippen LogP contribution in [0.3, 0.4) is 0 Å². The van der Waals surface area contributed by atoms with E-state index < -0.39 is 5.76 Å². The maximum absolute atomic E-state index is 12.7. The molecular formula is C14H10ClF2N3S. The number of nitrogens with two attached hydrogens (primary N) is 1. The van der Waals surface area contributed by atoms with Crippen LogP contribution >= 0.6 is 23.4 Å². The van der Waals surface area contributed by atoms with Crippen molar-refractivity contribution in [3.63, 3.8) is 0 Å². The van der Waals surface area contributed by atoms with E-state index in [-0.39, 0.29) is 5.95 Å². The molecule has 1 aromatic heterocycles. The van der Waals surface area contributed by atoms with Gasteiger partial charge in [-0.2, -0.15) is 8.78 Å². The van der Waals surface area contributed by atoms with Crippen LogP contribution in [0.5, 0.6) is 0 Å². The number of para-hydroxylation sites is 2. The number of nitrogens with zero attached hydrogens (tertiary/aromatic N) is 2. The molecule has 0 atom stereocenters. The lowest BCUT2D eigenvalue weighted by atomic mass is 10.3. The summed E-state index contributed by atoms with van der Waals surface area (Å²) >= 11 is 6.68. The summed E-state index contributed by atoms with van der Waals surface area (Å²) in [6, 6.07) is 12.0. The van der Waals surface area contributed by atoms with Gasteiger partial charge in [-0.15, -0.1) is 0 Å². The molecule has 2 N–H and O–H groups in total. The Labute approximate surface area is 128 Å². The number of aromatic nitrogens is 2. The van der Waals surface area contributed by atoms with Crippen molar-refractivity contribution < 1.29 is 8.78 Å². The fourth-order valence-corrected chi connectivity index (χ4v) is 3.07. The number of hydrogen-bond donors (Lipinski definition) is 1. The third-order valence-electron chi connectivity index (χ3n) is 2.98. The minimum absolute atomic E-state index is 0.209. The highest BCUT2D eigenvalue weighted by Crippen LogP contribution is 2.35. The van der Waals surface area contributed by atoms with Crippen LogP contribution in [0.15, 0.2) is 47.4 Å². The lowest BCUT2D eigenvalue weighted by Crippen LogP contribution is -2.02. The van der Waals surface area contributed by atoms with Crippen LogP contribution in [0.4, 0.5) is 14.7 Å². The van der Waals surface area contributed by atoms with Gasteiger partial charge in [0.1, 0.15) is 0 Å². The van der Waals surface area contributed by atoms with E-state index in [1.54, 1.807) is 47.0 Å². The van der Waals surface area contributed by atoms with E-state index in [1.807, 2.05) is 0 Å². The van der Waals surface area contributed by atoms with Gasteiger partial charge in [0, 0.05) is 4.90 Å². The fraction of sp³-hybridized carbons (Fsp3) is 0.0714. The lowest BCUT2D eigenvalue weighted by Gasteiger charge is -2.12. The molecule has 0 unspecified atom stereocenters. The molecule has 7 heteroatoms. The normalized spacial score (nSPS) is 11.4. The second-order valence-electron chi connectivity index (χ2n) is 4.26. The van der Waals surface area contributed by atoms with Gasteiger partial charge in [0.2, 0.25) is 5.95 Å². The van der Waals surface area contributed by atoms with Crippen molar-refractivity contribution in [2.75, 3.05) is 5.73 Å². The number of rotatable bonds is 3. The monoisotopic (exact) mass is 325 g/mol. The van der Waals surface area contributed by atoms with Crippen LogP contribution in [0.25, 0.3) is 16.7 Å². The Balaban J connectivity index is 2.28. The molecule has 0 aliphatic heterocycles. The van der Waals surface area contributed by atoms with E-state index in [9.17, 15) is 8.78 Å². The Morgan fingerprint density at radius 3 is 2.67 bits per heavy atom. The Morgan fingerprint density at radius 1 is 1.14 bits per heavy atom. The van der Waals surface area contributed by atoms with Crippen LogP contribution in [-0.2, 0) is 0 Å². The standard InChI is InChI=1S/C14H10ClF2N3S/c15-8-4-3-5-9-12(8)20(14(18)19-9)10-6-1-2-7-11(10)21-13(16)17/h1-7,13H,(H2,18,19).